The van der Waals surface area contributed by atoms with E-state index in [0.717, 1.165) is 29.8 Å². The zero-order valence-electron chi connectivity index (χ0n) is 9.78. The molecule has 92 valence electrons. The summed E-state index contributed by atoms with van der Waals surface area (Å²) in [5.41, 5.74) is 0. The Bertz CT molecular complexity index is 247. The highest BCUT2D eigenvalue weighted by atomic mass is 127. The zero-order valence-corrected chi connectivity index (χ0v) is 11.9. The third-order valence-electron chi connectivity index (χ3n) is 1.59. The summed E-state index contributed by atoms with van der Waals surface area (Å²) in [6, 6.07) is 6.74. The monoisotopic (exact) mass is 338 g/mol. The van der Waals surface area contributed by atoms with Gasteiger partial charge in [0.05, 0.1) is 13.2 Å². The molecule has 1 rings (SSSR count). The standard InChI is InChI=1S/C9H12O2.C3H7IO/c1-2-7-11-9-5-3-8(10)4-6-9;1-5-3-2-4/h3-6,10H,2,7H2,1H3;2-3H2,1H3. The van der Waals surface area contributed by atoms with Crippen LogP contribution in [0, 0.1) is 0 Å². The Labute approximate surface area is 111 Å². The van der Waals surface area contributed by atoms with Gasteiger partial charge in [0.1, 0.15) is 11.5 Å². The molecule has 0 fully saturated rings. The molecule has 0 bridgehead atoms. The van der Waals surface area contributed by atoms with Crippen molar-refractivity contribution in [3.05, 3.63) is 24.3 Å². The minimum atomic E-state index is 0.272. The number of aromatic hydroxyl groups is 1. The Morgan fingerprint density at radius 2 is 1.81 bits per heavy atom. The largest absolute Gasteiger partial charge is 0.508 e. The van der Waals surface area contributed by atoms with E-state index in [4.69, 9.17) is 9.84 Å². The van der Waals surface area contributed by atoms with Crippen molar-refractivity contribution in [3.63, 3.8) is 0 Å². The molecule has 0 saturated heterocycles. The molecule has 1 N–H and O–H groups in total. The molecule has 4 heteroatoms. The molecule has 1 aromatic rings. The third-order valence-corrected chi connectivity index (χ3v) is 2.03. The molecule has 0 aliphatic carbocycles. The Balaban J connectivity index is 0.000000385. The van der Waals surface area contributed by atoms with E-state index in [2.05, 4.69) is 34.3 Å². The van der Waals surface area contributed by atoms with Gasteiger partial charge in [0.15, 0.2) is 0 Å². The summed E-state index contributed by atoms with van der Waals surface area (Å²) in [4.78, 5) is 0. The number of ether oxygens (including phenoxy) is 2. The summed E-state index contributed by atoms with van der Waals surface area (Å²) in [6.07, 6.45) is 1.00. The van der Waals surface area contributed by atoms with E-state index >= 15 is 0 Å². The predicted molar refractivity (Wildman–Crippen MR) is 74.7 cm³/mol. The number of phenolic OH excluding ortho intramolecular Hbond substituents is 1. The fourth-order valence-electron chi connectivity index (χ4n) is 0.839. The van der Waals surface area contributed by atoms with E-state index in [1.165, 1.54) is 0 Å². The van der Waals surface area contributed by atoms with E-state index in [1.807, 2.05) is 0 Å². The number of rotatable bonds is 5. The maximum atomic E-state index is 8.93. The second-order valence-electron chi connectivity index (χ2n) is 3.02. The Morgan fingerprint density at radius 3 is 2.19 bits per heavy atom. The van der Waals surface area contributed by atoms with Gasteiger partial charge in [0.2, 0.25) is 0 Å². The van der Waals surface area contributed by atoms with Gasteiger partial charge in [0, 0.05) is 11.5 Å². The summed E-state index contributed by atoms with van der Waals surface area (Å²) in [6.45, 7) is 3.66. The third kappa shape index (κ3) is 8.79. The first-order chi connectivity index (χ1) is 7.74. The normalized spacial score (nSPS) is 9.19. The van der Waals surface area contributed by atoms with Gasteiger partial charge in [-0.3, -0.25) is 0 Å². The highest BCUT2D eigenvalue weighted by molar-refractivity contribution is 14.1. The minimum Gasteiger partial charge on any atom is -0.508 e. The molecule has 0 aromatic heterocycles. The van der Waals surface area contributed by atoms with Gasteiger partial charge in [-0.15, -0.1) is 0 Å². The van der Waals surface area contributed by atoms with Crippen molar-refractivity contribution in [3.8, 4) is 11.5 Å². The highest BCUT2D eigenvalue weighted by Crippen LogP contribution is 2.15. The molecule has 0 heterocycles. The van der Waals surface area contributed by atoms with Gasteiger partial charge in [-0.2, -0.15) is 0 Å². The number of methoxy groups -OCH3 is 1. The topological polar surface area (TPSA) is 38.7 Å². The van der Waals surface area contributed by atoms with Gasteiger partial charge in [0.25, 0.3) is 0 Å². The molecule has 0 unspecified atom stereocenters. The Morgan fingerprint density at radius 1 is 1.19 bits per heavy atom. The van der Waals surface area contributed by atoms with E-state index in [9.17, 15) is 0 Å². The SMILES string of the molecule is CCCOc1ccc(O)cc1.COCCI. The van der Waals surface area contributed by atoms with Crippen LogP contribution in [0.4, 0.5) is 0 Å². The van der Waals surface area contributed by atoms with Gasteiger partial charge in [-0.05, 0) is 30.7 Å². The number of hydrogen-bond acceptors (Lipinski definition) is 3. The zero-order chi connectivity index (χ0) is 12.2. The van der Waals surface area contributed by atoms with Gasteiger partial charge in [-0.25, -0.2) is 0 Å². The van der Waals surface area contributed by atoms with Crippen LogP contribution in [0.3, 0.4) is 0 Å². The molecule has 0 amide bonds. The lowest BCUT2D eigenvalue weighted by atomic mass is 10.3. The van der Waals surface area contributed by atoms with Crippen LogP contribution in [-0.4, -0.2) is 29.9 Å². The van der Waals surface area contributed by atoms with Crippen molar-refractivity contribution in [2.75, 3.05) is 24.8 Å². The van der Waals surface area contributed by atoms with Crippen LogP contribution < -0.4 is 4.74 Å². The van der Waals surface area contributed by atoms with Crippen LogP contribution in [0.5, 0.6) is 11.5 Å². The Hall–Kier alpha value is -0.490. The minimum absolute atomic E-state index is 0.272. The van der Waals surface area contributed by atoms with Crippen LogP contribution in [0.2, 0.25) is 0 Å². The van der Waals surface area contributed by atoms with Crippen molar-refractivity contribution >= 4 is 22.6 Å². The van der Waals surface area contributed by atoms with Crippen molar-refractivity contribution in [2.45, 2.75) is 13.3 Å². The Kier molecular flexibility index (Phi) is 10.7. The lowest BCUT2D eigenvalue weighted by Gasteiger charge is -2.02. The fourth-order valence-corrected chi connectivity index (χ4v) is 1.28. The molecule has 0 spiro atoms. The summed E-state index contributed by atoms with van der Waals surface area (Å²) >= 11 is 2.26. The molecular weight excluding hydrogens is 319 g/mol. The van der Waals surface area contributed by atoms with Crippen LogP contribution in [0.25, 0.3) is 0 Å². The molecule has 1 aromatic carbocycles. The van der Waals surface area contributed by atoms with Crippen molar-refractivity contribution in [1.82, 2.24) is 0 Å². The average Bonchev–Trinajstić information content (AvgIpc) is 2.30. The summed E-state index contributed by atoms with van der Waals surface area (Å²) < 4.78 is 11.1. The first-order valence-electron chi connectivity index (χ1n) is 5.21. The number of hydrogen-bond donors (Lipinski definition) is 1. The molecule has 0 saturated carbocycles. The predicted octanol–water partition coefficient (Wildman–Crippen LogP) is 3.25. The second-order valence-corrected chi connectivity index (χ2v) is 4.10. The van der Waals surface area contributed by atoms with Gasteiger partial charge in [-0.1, -0.05) is 29.5 Å². The van der Waals surface area contributed by atoms with Crippen molar-refractivity contribution in [1.29, 1.82) is 0 Å². The first kappa shape index (κ1) is 15.5. The number of benzene rings is 1. The highest BCUT2D eigenvalue weighted by Gasteiger charge is 1.91. The van der Waals surface area contributed by atoms with Gasteiger partial charge >= 0.3 is 0 Å². The van der Waals surface area contributed by atoms with Crippen LogP contribution in [-0.2, 0) is 4.74 Å². The fraction of sp³-hybridized carbons (Fsp3) is 0.500. The van der Waals surface area contributed by atoms with Gasteiger partial charge < -0.3 is 14.6 Å². The number of phenols is 1. The molecule has 0 aliphatic rings. The number of alkyl halides is 1. The lowest BCUT2D eigenvalue weighted by Crippen LogP contribution is -1.93. The molecule has 0 radical (unpaired) electrons. The molecular formula is C12H19IO3. The van der Waals surface area contributed by atoms with E-state index in [-0.39, 0.29) is 5.75 Å². The average molecular weight is 338 g/mol. The van der Waals surface area contributed by atoms with Crippen LogP contribution in [0.1, 0.15) is 13.3 Å². The van der Waals surface area contributed by atoms with E-state index in [0.29, 0.717) is 0 Å². The molecule has 16 heavy (non-hydrogen) atoms. The lowest BCUT2D eigenvalue weighted by molar-refractivity contribution is 0.220. The smallest absolute Gasteiger partial charge is 0.119 e. The van der Waals surface area contributed by atoms with Crippen molar-refractivity contribution in [2.24, 2.45) is 0 Å². The summed E-state index contributed by atoms with van der Waals surface area (Å²) in [7, 11) is 1.71. The maximum Gasteiger partial charge on any atom is 0.119 e. The van der Waals surface area contributed by atoms with Crippen molar-refractivity contribution < 1.29 is 14.6 Å². The second kappa shape index (κ2) is 11.0. The molecule has 0 atom stereocenters. The number of halogens is 1. The van der Waals surface area contributed by atoms with Crippen LogP contribution >= 0.6 is 22.6 Å². The first-order valence-corrected chi connectivity index (χ1v) is 6.73. The summed E-state index contributed by atoms with van der Waals surface area (Å²) in [5, 5.41) is 8.93. The van der Waals surface area contributed by atoms with E-state index < -0.39 is 0 Å². The van der Waals surface area contributed by atoms with E-state index in [1.54, 1.807) is 31.4 Å². The molecule has 0 aliphatic heterocycles. The summed E-state index contributed by atoms with van der Waals surface area (Å²) in [5.74, 6) is 1.08. The quantitative estimate of drug-likeness (QED) is 0.662. The maximum absolute atomic E-state index is 8.93. The van der Waals surface area contributed by atoms with Crippen LogP contribution in [0.15, 0.2) is 24.3 Å². The molecule has 3 nitrogen and oxygen atoms in total.